The van der Waals surface area contributed by atoms with E-state index in [1.54, 1.807) is 47.0 Å². The predicted molar refractivity (Wildman–Crippen MR) is 154 cm³/mol. The third-order valence-corrected chi connectivity index (χ3v) is 12.4. The lowest BCUT2D eigenvalue weighted by Crippen LogP contribution is -1.90. The summed E-state index contributed by atoms with van der Waals surface area (Å²) in [5, 5.41) is 17.3. The molecule has 0 radical (unpaired) electrons. The molecule has 8 heteroatoms. The second-order valence-corrected chi connectivity index (χ2v) is 14.4. The zero-order chi connectivity index (χ0) is 20.2. The average molecular weight is 535 g/mol. The lowest BCUT2D eigenvalue weighted by Gasteiger charge is -2.13. The molecule has 0 atom stereocenters. The Balaban J connectivity index is 1.56. The summed E-state index contributed by atoms with van der Waals surface area (Å²) in [7, 11) is 0. The van der Waals surface area contributed by atoms with Crippen molar-refractivity contribution < 1.29 is 0 Å². The third kappa shape index (κ3) is 5.29. The number of hydrogen-bond donors (Lipinski definition) is 0. The maximum atomic E-state index is 2.35. The highest BCUT2D eigenvalue weighted by atomic mass is 32.2. The molecule has 0 aromatic heterocycles. The van der Waals surface area contributed by atoms with Gasteiger partial charge in [-0.15, -0.1) is 0 Å². The highest BCUT2D eigenvalue weighted by Gasteiger charge is 2.17. The van der Waals surface area contributed by atoms with Crippen LogP contribution in [0.2, 0.25) is 0 Å². The Labute approximate surface area is 211 Å². The van der Waals surface area contributed by atoms with Crippen molar-refractivity contribution in [2.24, 2.45) is 0 Å². The Morgan fingerprint density at radius 1 is 0.500 bits per heavy atom. The van der Waals surface area contributed by atoms with Gasteiger partial charge < -0.3 is 0 Å². The lowest BCUT2D eigenvalue weighted by molar-refractivity contribution is 1.57. The summed E-state index contributed by atoms with van der Waals surface area (Å²) in [6.07, 6.45) is 4.69. The van der Waals surface area contributed by atoms with Gasteiger partial charge in [-0.3, -0.25) is 0 Å². The number of rotatable bonds is 4. The van der Waals surface area contributed by atoms with Crippen LogP contribution in [0.1, 0.15) is 11.1 Å². The van der Waals surface area contributed by atoms with Gasteiger partial charge in [0.05, 0.1) is 8.47 Å². The van der Waals surface area contributed by atoms with Gasteiger partial charge in [0.25, 0.3) is 0 Å². The van der Waals surface area contributed by atoms with Crippen molar-refractivity contribution in [1.82, 2.24) is 0 Å². The van der Waals surface area contributed by atoms with Crippen molar-refractivity contribution in [3.8, 4) is 0 Å². The molecule has 0 fully saturated rings. The first-order valence-electron chi connectivity index (χ1n) is 8.83. The Morgan fingerprint density at radius 2 is 0.867 bits per heavy atom. The van der Waals surface area contributed by atoms with Gasteiger partial charge in [0.15, 0.2) is 0 Å². The van der Waals surface area contributed by atoms with Gasteiger partial charge in [-0.05, 0) is 72.6 Å². The van der Waals surface area contributed by atoms with Crippen molar-refractivity contribution in [2.45, 2.75) is 0 Å². The molecule has 150 valence electrons. The summed E-state index contributed by atoms with van der Waals surface area (Å²) < 4.78 is 5.34. The second-order valence-electron chi connectivity index (χ2n) is 5.94. The summed E-state index contributed by atoms with van der Waals surface area (Å²) in [4.78, 5) is 0. The van der Waals surface area contributed by atoms with Crippen LogP contribution in [0.15, 0.2) is 96.6 Å². The molecule has 0 spiro atoms. The molecule has 30 heavy (non-hydrogen) atoms. The zero-order valence-corrected chi connectivity index (χ0v) is 21.9. The first-order chi connectivity index (χ1) is 14.9. The van der Waals surface area contributed by atoms with Gasteiger partial charge in [0, 0.05) is 19.6 Å². The zero-order valence-electron chi connectivity index (χ0n) is 15.3. The molecule has 4 aliphatic rings. The minimum atomic E-state index is 1.27. The highest BCUT2D eigenvalue weighted by molar-refractivity contribution is 8.29. The lowest BCUT2D eigenvalue weighted by atomic mass is 10.0. The minimum absolute atomic E-state index is 1.27. The van der Waals surface area contributed by atoms with E-state index in [-0.39, 0.29) is 0 Å². The van der Waals surface area contributed by atoms with Crippen LogP contribution in [-0.2, 0) is 0 Å². The Hall–Kier alpha value is -0.0600. The minimum Gasteiger partial charge on any atom is -0.0902 e. The van der Waals surface area contributed by atoms with Crippen LogP contribution >= 0.6 is 94.1 Å². The summed E-state index contributed by atoms with van der Waals surface area (Å²) in [5.74, 6) is 0. The Morgan fingerprint density at radius 3 is 1.27 bits per heavy atom. The number of allylic oxidation sites excluding steroid dienone is 4. The first kappa shape index (κ1) is 21.8. The molecule has 4 heterocycles. The van der Waals surface area contributed by atoms with Crippen molar-refractivity contribution in [2.75, 3.05) is 0 Å². The van der Waals surface area contributed by atoms with E-state index in [9.17, 15) is 0 Å². The summed E-state index contributed by atoms with van der Waals surface area (Å²) in [5.41, 5.74) is 5.16. The van der Waals surface area contributed by atoms with Crippen LogP contribution in [0.4, 0.5) is 0 Å². The molecular weight excluding hydrogens is 521 g/mol. The molecule has 0 saturated carbocycles. The Kier molecular flexibility index (Phi) is 7.77. The SMILES string of the molecule is C1=CSC(=CC(=C2SC=CS2)c2cccc(C(C=C3SC=CS3)=C3SC=CS3)c2)S1. The van der Waals surface area contributed by atoms with Crippen LogP contribution in [0.5, 0.6) is 0 Å². The standard InChI is InChI=1S/C22H14S8/c1-2-15(17(21-27-8-9-28-21)13-19-23-4-5-24-19)12-16(3-1)18(22-29-10-11-30-22)14-20-25-6-7-26-20/h1-14H. The van der Waals surface area contributed by atoms with Crippen LogP contribution < -0.4 is 0 Å². The third-order valence-electron chi connectivity index (χ3n) is 4.11. The predicted octanol–water partition coefficient (Wildman–Crippen LogP) is 10.5. The largest absolute Gasteiger partial charge is 0.0902 e. The highest BCUT2D eigenvalue weighted by Crippen LogP contribution is 2.49. The van der Waals surface area contributed by atoms with Crippen molar-refractivity contribution in [3.05, 3.63) is 108 Å². The summed E-state index contributed by atoms with van der Waals surface area (Å²) >= 11 is 14.5. The van der Waals surface area contributed by atoms with E-state index >= 15 is 0 Å². The summed E-state index contributed by atoms with van der Waals surface area (Å²) in [6.45, 7) is 0. The second kappa shape index (κ2) is 10.7. The maximum Gasteiger partial charge on any atom is 0.0566 e. The van der Waals surface area contributed by atoms with Gasteiger partial charge >= 0.3 is 0 Å². The van der Waals surface area contributed by atoms with Gasteiger partial charge in [-0.2, -0.15) is 0 Å². The van der Waals surface area contributed by atoms with Crippen LogP contribution in [0.25, 0.3) is 11.1 Å². The quantitative estimate of drug-likeness (QED) is 0.369. The fourth-order valence-corrected chi connectivity index (χ4v) is 9.84. The molecule has 0 N–H and O–H groups in total. The molecule has 0 saturated heterocycles. The fourth-order valence-electron chi connectivity index (χ4n) is 2.85. The van der Waals surface area contributed by atoms with Crippen LogP contribution in [-0.4, -0.2) is 0 Å². The van der Waals surface area contributed by atoms with Gasteiger partial charge in [-0.1, -0.05) is 112 Å². The molecule has 5 rings (SSSR count). The normalized spacial score (nSPS) is 19.5. The van der Waals surface area contributed by atoms with Crippen molar-refractivity contribution in [1.29, 1.82) is 0 Å². The fraction of sp³-hybridized carbons (Fsp3) is 0. The average Bonchev–Trinajstić information content (AvgIpc) is 3.59. The van der Waals surface area contributed by atoms with E-state index in [0.29, 0.717) is 0 Å². The first-order valence-corrected chi connectivity index (χ1v) is 15.9. The van der Waals surface area contributed by atoms with Crippen molar-refractivity contribution >= 4 is 105 Å². The van der Waals surface area contributed by atoms with Gasteiger partial charge in [0.2, 0.25) is 0 Å². The molecule has 0 bridgehead atoms. The number of benzene rings is 1. The number of hydrogen-bond acceptors (Lipinski definition) is 8. The van der Waals surface area contributed by atoms with E-state index in [1.165, 1.54) is 39.2 Å². The van der Waals surface area contributed by atoms with Crippen molar-refractivity contribution in [3.63, 3.8) is 0 Å². The van der Waals surface area contributed by atoms with Gasteiger partial charge in [0.1, 0.15) is 0 Å². The monoisotopic (exact) mass is 534 g/mol. The Bertz CT molecular complexity index is 975. The van der Waals surface area contributed by atoms with E-state index in [4.69, 9.17) is 0 Å². The molecule has 0 aliphatic carbocycles. The molecule has 0 nitrogen and oxygen atoms in total. The molecule has 1 aromatic carbocycles. The molecule has 1 aromatic rings. The van der Waals surface area contributed by atoms with Crippen LogP contribution in [0.3, 0.4) is 0 Å². The number of thioether (sulfide) groups is 8. The molecule has 4 aliphatic heterocycles. The van der Waals surface area contributed by atoms with E-state index in [2.05, 4.69) is 79.7 Å². The van der Waals surface area contributed by atoms with Crippen LogP contribution in [0, 0.1) is 0 Å². The van der Waals surface area contributed by atoms with E-state index in [0.717, 1.165) is 0 Å². The molecule has 0 unspecified atom stereocenters. The van der Waals surface area contributed by atoms with E-state index in [1.807, 2.05) is 47.0 Å². The maximum absolute atomic E-state index is 2.35. The van der Waals surface area contributed by atoms with E-state index < -0.39 is 0 Å². The topological polar surface area (TPSA) is 0 Å². The summed E-state index contributed by atoms with van der Waals surface area (Å²) in [6, 6.07) is 9.03. The molecule has 0 amide bonds. The molecular formula is C22H14S8. The smallest absolute Gasteiger partial charge is 0.0566 e. The van der Waals surface area contributed by atoms with Gasteiger partial charge in [-0.25, -0.2) is 0 Å².